The van der Waals surface area contributed by atoms with Gasteiger partial charge in [0.25, 0.3) is 5.91 Å². The van der Waals surface area contributed by atoms with Crippen LogP contribution in [0.2, 0.25) is 5.02 Å². The maximum Gasteiger partial charge on any atom is 0.268 e. The fourth-order valence-electron chi connectivity index (χ4n) is 3.38. The van der Waals surface area contributed by atoms with Crippen LogP contribution in [0.25, 0.3) is 6.08 Å². The number of amides is 1. The van der Waals surface area contributed by atoms with Gasteiger partial charge in [-0.1, -0.05) is 71.5 Å². The second-order valence-corrected chi connectivity index (χ2v) is 9.29. The van der Waals surface area contributed by atoms with Crippen molar-refractivity contribution >= 4 is 40.1 Å². The number of nitriles is 1. The van der Waals surface area contributed by atoms with Crippen molar-refractivity contribution in [2.24, 2.45) is 0 Å². The van der Waals surface area contributed by atoms with E-state index >= 15 is 0 Å². The van der Waals surface area contributed by atoms with Gasteiger partial charge in [0.2, 0.25) is 5.13 Å². The summed E-state index contributed by atoms with van der Waals surface area (Å²) in [6.07, 6.45) is 2.07. The lowest BCUT2D eigenvalue weighted by Crippen LogP contribution is -2.13. The van der Waals surface area contributed by atoms with Crippen LogP contribution in [0.4, 0.5) is 5.13 Å². The number of nitrogens with zero attached hydrogens (tertiary/aromatic N) is 3. The zero-order chi connectivity index (χ0) is 26.7. The monoisotopic (exact) mass is 546 g/mol. The first kappa shape index (κ1) is 26.7. The first-order chi connectivity index (χ1) is 18.6. The van der Waals surface area contributed by atoms with Crippen LogP contribution in [-0.4, -0.2) is 36.4 Å². The minimum absolute atomic E-state index is 0.0892. The molecule has 3 aromatic carbocycles. The summed E-state index contributed by atoms with van der Waals surface area (Å²) in [5.41, 5.74) is 1.59. The van der Waals surface area contributed by atoms with Gasteiger partial charge in [-0.25, -0.2) is 0 Å². The Hall–Kier alpha value is -4.39. The highest BCUT2D eigenvalue weighted by Crippen LogP contribution is 2.29. The van der Waals surface area contributed by atoms with E-state index < -0.39 is 5.91 Å². The van der Waals surface area contributed by atoms with Gasteiger partial charge < -0.3 is 14.2 Å². The number of rotatable bonds is 11. The predicted molar refractivity (Wildman–Crippen MR) is 147 cm³/mol. The molecule has 0 aliphatic heterocycles. The SMILES string of the molecule is COc1cc(/C=C(/C#N)C(=O)Nc2nnc(Cc3ccccc3)s2)ccc1OCCOc1ccccc1Cl. The summed E-state index contributed by atoms with van der Waals surface area (Å²) in [5, 5.41) is 22.0. The largest absolute Gasteiger partial charge is 0.493 e. The molecule has 0 fully saturated rings. The molecule has 10 heteroatoms. The summed E-state index contributed by atoms with van der Waals surface area (Å²) < 4.78 is 16.8. The van der Waals surface area contributed by atoms with Crippen molar-refractivity contribution in [1.82, 2.24) is 10.2 Å². The van der Waals surface area contributed by atoms with Crippen molar-refractivity contribution in [2.45, 2.75) is 6.42 Å². The fourth-order valence-corrected chi connectivity index (χ4v) is 4.34. The molecule has 0 unspecified atom stereocenters. The van der Waals surface area contributed by atoms with Crippen molar-refractivity contribution < 1.29 is 19.0 Å². The Morgan fingerprint density at radius 2 is 1.74 bits per heavy atom. The number of hydrogen-bond donors (Lipinski definition) is 1. The molecule has 0 bridgehead atoms. The number of para-hydroxylation sites is 1. The number of methoxy groups -OCH3 is 1. The van der Waals surface area contributed by atoms with Crippen LogP contribution in [0.5, 0.6) is 17.2 Å². The first-order valence-corrected chi connectivity index (χ1v) is 12.7. The zero-order valence-electron chi connectivity index (χ0n) is 20.4. The lowest BCUT2D eigenvalue weighted by molar-refractivity contribution is -0.112. The van der Waals surface area contributed by atoms with E-state index in [1.165, 1.54) is 24.5 Å². The highest BCUT2D eigenvalue weighted by molar-refractivity contribution is 7.15. The summed E-state index contributed by atoms with van der Waals surface area (Å²) >= 11 is 7.35. The number of nitrogens with one attached hydrogen (secondary N) is 1. The highest BCUT2D eigenvalue weighted by atomic mass is 35.5. The van der Waals surface area contributed by atoms with Gasteiger partial charge in [0.1, 0.15) is 35.6 Å². The Kier molecular flexibility index (Phi) is 9.29. The average Bonchev–Trinajstić information content (AvgIpc) is 3.37. The van der Waals surface area contributed by atoms with E-state index in [4.69, 9.17) is 25.8 Å². The molecule has 4 rings (SSSR count). The molecule has 0 radical (unpaired) electrons. The van der Waals surface area contributed by atoms with Gasteiger partial charge >= 0.3 is 0 Å². The third kappa shape index (κ3) is 7.32. The number of ether oxygens (including phenoxy) is 3. The third-order valence-electron chi connectivity index (χ3n) is 5.18. The standard InChI is InChI=1S/C28H23ClN4O4S/c1-35-25-16-20(11-12-24(25)37-14-13-36-23-10-6-5-9-22(23)29)15-21(18-30)27(34)31-28-33-32-26(38-28)17-19-7-3-2-4-8-19/h2-12,15-16H,13-14,17H2,1H3,(H,31,33,34)/b21-15-. The lowest BCUT2D eigenvalue weighted by atomic mass is 10.1. The Morgan fingerprint density at radius 1 is 1.00 bits per heavy atom. The van der Waals surface area contributed by atoms with Crippen LogP contribution < -0.4 is 19.5 Å². The summed E-state index contributed by atoms with van der Waals surface area (Å²) in [6.45, 7) is 0.544. The molecule has 192 valence electrons. The molecule has 0 saturated carbocycles. The minimum atomic E-state index is -0.578. The van der Waals surface area contributed by atoms with Gasteiger partial charge in [-0.2, -0.15) is 5.26 Å². The van der Waals surface area contributed by atoms with Crippen molar-refractivity contribution in [1.29, 1.82) is 5.26 Å². The van der Waals surface area contributed by atoms with Crippen LogP contribution in [0.1, 0.15) is 16.1 Å². The Morgan fingerprint density at radius 3 is 2.47 bits per heavy atom. The summed E-state index contributed by atoms with van der Waals surface area (Å²) in [6, 6.07) is 24.1. The van der Waals surface area contributed by atoms with Gasteiger partial charge in [0, 0.05) is 6.42 Å². The molecular formula is C28H23ClN4O4S. The van der Waals surface area contributed by atoms with Crippen LogP contribution >= 0.6 is 22.9 Å². The van der Waals surface area contributed by atoms with Gasteiger partial charge in [0.15, 0.2) is 11.5 Å². The van der Waals surface area contributed by atoms with Crippen molar-refractivity contribution in [2.75, 3.05) is 25.6 Å². The van der Waals surface area contributed by atoms with Gasteiger partial charge in [-0.05, 0) is 41.5 Å². The molecule has 8 nitrogen and oxygen atoms in total. The molecule has 1 heterocycles. The third-order valence-corrected chi connectivity index (χ3v) is 6.34. The number of carbonyl (C=O) groups is 1. The number of anilines is 1. The van der Waals surface area contributed by atoms with Gasteiger partial charge in [-0.3, -0.25) is 10.1 Å². The Labute approximate surface area is 229 Å². The normalized spacial score (nSPS) is 10.9. The molecule has 4 aromatic rings. The van der Waals surface area contributed by atoms with Gasteiger partial charge in [-0.15, -0.1) is 10.2 Å². The second kappa shape index (κ2) is 13.2. The maximum absolute atomic E-state index is 12.7. The van der Waals surface area contributed by atoms with Crippen LogP contribution in [0, 0.1) is 11.3 Å². The molecular weight excluding hydrogens is 524 g/mol. The van der Waals surface area contributed by atoms with E-state index in [0.717, 1.165) is 10.6 Å². The predicted octanol–water partition coefficient (Wildman–Crippen LogP) is 5.79. The zero-order valence-corrected chi connectivity index (χ0v) is 22.0. The van der Waals surface area contributed by atoms with Crippen molar-refractivity contribution in [3.8, 4) is 23.3 Å². The molecule has 0 aliphatic rings. The number of carbonyl (C=O) groups excluding carboxylic acids is 1. The number of halogens is 1. The molecule has 1 amide bonds. The maximum atomic E-state index is 12.7. The molecule has 1 aromatic heterocycles. The fraction of sp³-hybridized carbons (Fsp3) is 0.143. The number of benzene rings is 3. The summed E-state index contributed by atoms with van der Waals surface area (Å²) in [7, 11) is 1.51. The topological polar surface area (TPSA) is 106 Å². The quantitative estimate of drug-likeness (QED) is 0.144. The second-order valence-electron chi connectivity index (χ2n) is 7.82. The Balaban J connectivity index is 1.36. The molecule has 0 atom stereocenters. The van der Waals surface area contributed by atoms with E-state index in [-0.39, 0.29) is 18.8 Å². The summed E-state index contributed by atoms with van der Waals surface area (Å²) in [4.78, 5) is 12.7. The van der Waals surface area contributed by atoms with E-state index in [0.29, 0.717) is 39.4 Å². The van der Waals surface area contributed by atoms with Gasteiger partial charge in [0.05, 0.1) is 12.1 Å². The molecule has 0 saturated heterocycles. The number of aromatic nitrogens is 2. The molecule has 0 aliphatic carbocycles. The van der Waals surface area contributed by atoms with E-state index in [1.54, 1.807) is 30.3 Å². The molecule has 0 spiro atoms. The first-order valence-electron chi connectivity index (χ1n) is 11.5. The van der Waals surface area contributed by atoms with E-state index in [2.05, 4.69) is 15.5 Å². The van der Waals surface area contributed by atoms with Crippen LogP contribution in [0.15, 0.2) is 78.4 Å². The lowest BCUT2D eigenvalue weighted by Gasteiger charge is -2.12. The van der Waals surface area contributed by atoms with E-state index in [9.17, 15) is 10.1 Å². The van der Waals surface area contributed by atoms with Crippen LogP contribution in [-0.2, 0) is 11.2 Å². The summed E-state index contributed by atoms with van der Waals surface area (Å²) in [5.74, 6) is 0.943. The Bertz CT molecular complexity index is 1470. The van der Waals surface area contributed by atoms with Crippen LogP contribution in [0.3, 0.4) is 0 Å². The van der Waals surface area contributed by atoms with Crippen molar-refractivity contribution in [3.63, 3.8) is 0 Å². The average molecular weight is 547 g/mol. The molecule has 1 N–H and O–H groups in total. The molecule has 38 heavy (non-hydrogen) atoms. The minimum Gasteiger partial charge on any atom is -0.493 e. The van der Waals surface area contributed by atoms with E-state index in [1.807, 2.05) is 48.5 Å². The highest BCUT2D eigenvalue weighted by Gasteiger charge is 2.14. The smallest absolute Gasteiger partial charge is 0.268 e. The number of hydrogen-bond acceptors (Lipinski definition) is 8. The van der Waals surface area contributed by atoms with Crippen molar-refractivity contribution in [3.05, 3.63) is 99.5 Å².